The van der Waals surface area contributed by atoms with Crippen LogP contribution in [0.1, 0.15) is 65.6 Å². The fourth-order valence-corrected chi connectivity index (χ4v) is 4.15. The number of halogens is 1. The summed E-state index contributed by atoms with van der Waals surface area (Å²) in [5.74, 6) is 0.0470. The highest BCUT2D eigenvalue weighted by molar-refractivity contribution is 6.31. The minimum absolute atomic E-state index is 0.0470. The molecule has 0 aliphatic carbocycles. The second-order valence-electron chi connectivity index (χ2n) is 9.31. The van der Waals surface area contributed by atoms with Crippen LogP contribution < -0.4 is 4.90 Å². The summed E-state index contributed by atoms with van der Waals surface area (Å²) in [5.41, 5.74) is 2.58. The molecule has 2 rings (SSSR count). The van der Waals surface area contributed by atoms with Crippen LogP contribution in [0.15, 0.2) is 12.1 Å². The summed E-state index contributed by atoms with van der Waals surface area (Å²) in [5, 5.41) is 0.703. The Morgan fingerprint density at radius 1 is 1.10 bits per heavy atom. The SMILES string of the molecule is CC(=O)N(C(C)C)[C@@H](C)c1cc(C)c(Cl)cc1N1CCN(C(=O)OC(C)(C)C)CC1. The van der Waals surface area contributed by atoms with Crippen molar-refractivity contribution in [3.05, 3.63) is 28.3 Å². The van der Waals surface area contributed by atoms with Gasteiger partial charge in [0.25, 0.3) is 0 Å². The lowest BCUT2D eigenvalue weighted by atomic mass is 9.99. The zero-order valence-corrected chi connectivity index (χ0v) is 20.3. The highest BCUT2D eigenvalue weighted by atomic mass is 35.5. The predicted molar refractivity (Wildman–Crippen MR) is 122 cm³/mol. The van der Waals surface area contributed by atoms with Gasteiger partial charge in [0.15, 0.2) is 0 Å². The molecule has 6 nitrogen and oxygen atoms in total. The van der Waals surface area contributed by atoms with Crippen molar-refractivity contribution in [2.45, 2.75) is 73.1 Å². The minimum atomic E-state index is -0.506. The first kappa shape index (κ1) is 24.3. The van der Waals surface area contributed by atoms with Crippen LogP contribution in [0, 0.1) is 6.92 Å². The van der Waals surface area contributed by atoms with Crippen LogP contribution in [0.3, 0.4) is 0 Å². The van der Waals surface area contributed by atoms with Gasteiger partial charge in [-0.3, -0.25) is 4.79 Å². The highest BCUT2D eigenvalue weighted by Crippen LogP contribution is 2.36. The zero-order valence-electron chi connectivity index (χ0n) is 19.6. The molecule has 30 heavy (non-hydrogen) atoms. The molecule has 1 aliphatic rings. The number of amides is 2. The highest BCUT2D eigenvalue weighted by Gasteiger charge is 2.29. The molecule has 1 saturated heterocycles. The van der Waals surface area contributed by atoms with Gasteiger partial charge in [0.1, 0.15) is 5.60 Å². The molecule has 0 spiro atoms. The van der Waals surface area contributed by atoms with Crippen molar-refractivity contribution >= 4 is 29.3 Å². The number of nitrogens with zero attached hydrogens (tertiary/aromatic N) is 3. The second kappa shape index (κ2) is 9.46. The Bertz CT molecular complexity index is 781. The molecule has 1 atom stereocenters. The molecule has 0 radical (unpaired) electrons. The molecule has 1 aliphatic heterocycles. The zero-order chi connectivity index (χ0) is 22.8. The number of piperazine rings is 1. The maximum Gasteiger partial charge on any atom is 0.410 e. The summed E-state index contributed by atoms with van der Waals surface area (Å²) in [7, 11) is 0. The smallest absolute Gasteiger partial charge is 0.410 e. The van der Waals surface area contributed by atoms with E-state index in [2.05, 4.69) is 17.9 Å². The summed E-state index contributed by atoms with van der Waals surface area (Å²) < 4.78 is 5.50. The summed E-state index contributed by atoms with van der Waals surface area (Å²) in [6, 6.07) is 4.08. The summed E-state index contributed by atoms with van der Waals surface area (Å²) >= 11 is 6.47. The average Bonchev–Trinajstić information content (AvgIpc) is 2.61. The maximum atomic E-state index is 12.4. The number of rotatable bonds is 4. The lowest BCUT2D eigenvalue weighted by molar-refractivity contribution is -0.132. The lowest BCUT2D eigenvalue weighted by Gasteiger charge is -2.40. The number of anilines is 1. The largest absolute Gasteiger partial charge is 0.444 e. The Hall–Kier alpha value is -1.95. The Morgan fingerprint density at radius 2 is 1.67 bits per heavy atom. The topological polar surface area (TPSA) is 53.1 Å². The number of benzene rings is 1. The second-order valence-corrected chi connectivity index (χ2v) is 9.72. The first-order chi connectivity index (χ1) is 13.8. The quantitative estimate of drug-likeness (QED) is 0.663. The van der Waals surface area contributed by atoms with Gasteiger partial charge in [0.2, 0.25) is 5.91 Å². The predicted octanol–water partition coefficient (Wildman–Crippen LogP) is 5.02. The molecule has 1 aromatic rings. The van der Waals surface area contributed by atoms with Crippen LogP contribution in [0.25, 0.3) is 0 Å². The Labute approximate surface area is 186 Å². The molecule has 0 bridgehead atoms. The van der Waals surface area contributed by atoms with Crippen LogP contribution in [-0.4, -0.2) is 59.6 Å². The third kappa shape index (κ3) is 5.81. The van der Waals surface area contributed by atoms with Gasteiger partial charge in [-0.25, -0.2) is 4.79 Å². The van der Waals surface area contributed by atoms with E-state index in [1.807, 2.05) is 52.5 Å². The van der Waals surface area contributed by atoms with Gasteiger partial charge in [0.05, 0.1) is 6.04 Å². The van der Waals surface area contributed by atoms with E-state index in [9.17, 15) is 9.59 Å². The van der Waals surface area contributed by atoms with Crippen LogP contribution in [0.2, 0.25) is 5.02 Å². The number of carbonyl (C=O) groups is 2. The summed E-state index contributed by atoms with van der Waals surface area (Å²) in [4.78, 5) is 30.6. The molecule has 7 heteroatoms. The van der Waals surface area contributed by atoms with Gasteiger partial charge in [-0.2, -0.15) is 0 Å². The summed E-state index contributed by atoms with van der Waals surface area (Å²) in [6.45, 7) is 17.8. The normalized spacial score (nSPS) is 15.9. The number of carbonyl (C=O) groups excluding carboxylic acids is 2. The number of hydrogen-bond donors (Lipinski definition) is 0. The number of hydrogen-bond acceptors (Lipinski definition) is 4. The van der Waals surface area contributed by atoms with E-state index in [4.69, 9.17) is 16.3 Å². The number of ether oxygens (including phenoxy) is 1. The Morgan fingerprint density at radius 3 is 2.13 bits per heavy atom. The summed E-state index contributed by atoms with van der Waals surface area (Å²) in [6.07, 6.45) is -0.278. The molecule has 168 valence electrons. The average molecular weight is 438 g/mol. The molecule has 2 amide bonds. The van der Waals surface area contributed by atoms with Crippen LogP contribution in [0.5, 0.6) is 0 Å². The molecule has 0 saturated carbocycles. The van der Waals surface area contributed by atoms with Gasteiger partial charge in [-0.15, -0.1) is 0 Å². The maximum absolute atomic E-state index is 12.4. The van der Waals surface area contributed by atoms with Crippen molar-refractivity contribution in [2.75, 3.05) is 31.1 Å². The molecular weight excluding hydrogens is 402 g/mol. The van der Waals surface area contributed by atoms with Gasteiger partial charge in [-0.05, 0) is 65.7 Å². The van der Waals surface area contributed by atoms with Crippen LogP contribution in [0.4, 0.5) is 10.5 Å². The fourth-order valence-electron chi connectivity index (χ4n) is 3.99. The van der Waals surface area contributed by atoms with Crippen molar-refractivity contribution in [1.82, 2.24) is 9.80 Å². The first-order valence-corrected chi connectivity index (χ1v) is 11.0. The van der Waals surface area contributed by atoms with Crippen molar-refractivity contribution in [1.29, 1.82) is 0 Å². The van der Waals surface area contributed by atoms with E-state index in [0.717, 1.165) is 16.8 Å². The van der Waals surface area contributed by atoms with Crippen LogP contribution >= 0.6 is 11.6 Å². The monoisotopic (exact) mass is 437 g/mol. The fraction of sp³-hybridized carbons (Fsp3) is 0.652. The molecule has 1 aromatic carbocycles. The molecule has 0 aromatic heterocycles. The molecule has 1 fully saturated rings. The molecule has 1 heterocycles. The van der Waals surface area contributed by atoms with E-state index < -0.39 is 5.60 Å². The standard InChI is InChI=1S/C23H36ClN3O3/c1-15(2)27(18(5)28)17(4)19-13-16(3)20(24)14-21(19)25-9-11-26(12-10-25)22(29)30-23(6,7)8/h13-15,17H,9-12H2,1-8H3/t17-/m0/s1. The number of aryl methyl sites for hydroxylation is 1. The van der Waals surface area contributed by atoms with Crippen molar-refractivity contribution in [3.8, 4) is 0 Å². The third-order valence-corrected chi connectivity index (χ3v) is 5.77. The van der Waals surface area contributed by atoms with Gasteiger partial charge in [0, 0.05) is 49.9 Å². The lowest BCUT2D eigenvalue weighted by Crippen LogP contribution is -2.50. The third-order valence-electron chi connectivity index (χ3n) is 5.37. The van der Waals surface area contributed by atoms with E-state index in [1.54, 1.807) is 11.8 Å². The van der Waals surface area contributed by atoms with E-state index in [0.29, 0.717) is 31.2 Å². The van der Waals surface area contributed by atoms with Gasteiger partial charge in [-0.1, -0.05) is 17.7 Å². The Balaban J connectivity index is 2.27. The van der Waals surface area contributed by atoms with Crippen LogP contribution in [-0.2, 0) is 9.53 Å². The van der Waals surface area contributed by atoms with Gasteiger partial charge < -0.3 is 19.4 Å². The molecule has 0 unspecified atom stereocenters. The van der Waals surface area contributed by atoms with Gasteiger partial charge >= 0.3 is 6.09 Å². The van der Waals surface area contributed by atoms with Crippen molar-refractivity contribution in [2.24, 2.45) is 0 Å². The van der Waals surface area contributed by atoms with E-state index in [-0.39, 0.29) is 24.1 Å². The molecule has 0 N–H and O–H groups in total. The van der Waals surface area contributed by atoms with E-state index >= 15 is 0 Å². The molecular formula is C23H36ClN3O3. The van der Waals surface area contributed by atoms with Crippen molar-refractivity contribution < 1.29 is 14.3 Å². The minimum Gasteiger partial charge on any atom is -0.444 e. The van der Waals surface area contributed by atoms with E-state index in [1.165, 1.54) is 0 Å². The first-order valence-electron chi connectivity index (χ1n) is 10.6. The van der Waals surface area contributed by atoms with Crippen molar-refractivity contribution in [3.63, 3.8) is 0 Å². The Kier molecular flexibility index (Phi) is 7.67.